The molecular weight excluding hydrogens is 396 g/mol. The summed E-state index contributed by atoms with van der Waals surface area (Å²) in [5.41, 5.74) is 2.49. The second-order valence-corrected chi connectivity index (χ2v) is 7.19. The van der Waals surface area contributed by atoms with Crippen molar-refractivity contribution < 1.29 is 19.0 Å². The van der Waals surface area contributed by atoms with Gasteiger partial charge in [-0.05, 0) is 42.0 Å². The van der Waals surface area contributed by atoms with Crippen molar-refractivity contribution in [1.29, 1.82) is 0 Å². The van der Waals surface area contributed by atoms with Gasteiger partial charge in [0.05, 0.1) is 32.6 Å². The third-order valence-electron chi connectivity index (χ3n) is 5.49. The van der Waals surface area contributed by atoms with Gasteiger partial charge in [0.1, 0.15) is 5.75 Å². The third-order valence-corrected chi connectivity index (χ3v) is 5.49. The number of aromatic amines is 1. The topological polar surface area (TPSA) is 79.9 Å². The fourth-order valence-electron chi connectivity index (χ4n) is 3.76. The molecule has 4 rings (SSSR count). The van der Waals surface area contributed by atoms with Gasteiger partial charge in [0.2, 0.25) is 0 Å². The first-order valence-electron chi connectivity index (χ1n) is 10.1. The first kappa shape index (κ1) is 20.6. The molecular formula is C23H26N4O4. The Morgan fingerprint density at radius 1 is 0.935 bits per heavy atom. The number of methoxy groups -OCH3 is 3. The van der Waals surface area contributed by atoms with Crippen LogP contribution in [0.4, 0.5) is 5.82 Å². The molecule has 0 spiro atoms. The molecule has 31 heavy (non-hydrogen) atoms. The highest BCUT2D eigenvalue weighted by Gasteiger charge is 2.26. The van der Waals surface area contributed by atoms with Gasteiger partial charge in [-0.25, -0.2) is 0 Å². The van der Waals surface area contributed by atoms with Crippen molar-refractivity contribution >= 4 is 11.7 Å². The monoisotopic (exact) mass is 422 g/mol. The second-order valence-electron chi connectivity index (χ2n) is 7.19. The van der Waals surface area contributed by atoms with Gasteiger partial charge in [-0.2, -0.15) is 5.10 Å². The van der Waals surface area contributed by atoms with Crippen LogP contribution in [-0.2, 0) is 0 Å². The molecule has 2 heterocycles. The summed E-state index contributed by atoms with van der Waals surface area (Å²) in [7, 11) is 4.76. The van der Waals surface area contributed by atoms with Crippen LogP contribution in [0, 0.1) is 0 Å². The first-order chi connectivity index (χ1) is 15.1. The summed E-state index contributed by atoms with van der Waals surface area (Å²) in [5.74, 6) is 2.65. The molecule has 0 aliphatic carbocycles. The summed E-state index contributed by atoms with van der Waals surface area (Å²) in [5, 5.41) is 7.57. The van der Waals surface area contributed by atoms with Crippen LogP contribution in [0.3, 0.4) is 0 Å². The molecule has 3 aromatic rings. The number of ether oxygens (including phenoxy) is 3. The summed E-state index contributed by atoms with van der Waals surface area (Å²) in [6.45, 7) is 2.60. The number of benzene rings is 2. The number of hydrogen-bond acceptors (Lipinski definition) is 6. The van der Waals surface area contributed by atoms with Gasteiger partial charge in [-0.3, -0.25) is 9.89 Å². The van der Waals surface area contributed by atoms with Crippen LogP contribution in [0.2, 0.25) is 0 Å². The number of anilines is 1. The zero-order chi connectivity index (χ0) is 21.8. The fourth-order valence-corrected chi connectivity index (χ4v) is 3.76. The van der Waals surface area contributed by atoms with E-state index in [9.17, 15) is 4.79 Å². The van der Waals surface area contributed by atoms with Crippen molar-refractivity contribution in [2.45, 2.75) is 0 Å². The Labute approximate surface area is 181 Å². The number of H-pyrrole nitrogens is 1. The summed E-state index contributed by atoms with van der Waals surface area (Å²) < 4.78 is 16.0. The predicted octanol–water partition coefficient (Wildman–Crippen LogP) is 3.06. The highest BCUT2D eigenvalue weighted by atomic mass is 16.5. The van der Waals surface area contributed by atoms with Crippen molar-refractivity contribution in [3.63, 3.8) is 0 Å². The van der Waals surface area contributed by atoms with Crippen LogP contribution in [-0.4, -0.2) is 68.5 Å². The van der Waals surface area contributed by atoms with Crippen molar-refractivity contribution in [2.75, 3.05) is 52.4 Å². The number of hydrogen-bond donors (Lipinski definition) is 1. The number of nitrogens with zero attached hydrogens (tertiary/aromatic N) is 3. The van der Waals surface area contributed by atoms with Crippen molar-refractivity contribution in [3.8, 4) is 28.5 Å². The molecule has 1 amide bonds. The lowest BCUT2D eigenvalue weighted by molar-refractivity contribution is 0.0742. The lowest BCUT2D eigenvalue weighted by atomic mass is 10.1. The maximum atomic E-state index is 13.1. The summed E-state index contributed by atoms with van der Waals surface area (Å²) in [4.78, 5) is 17.1. The number of para-hydroxylation sites is 1. The number of nitrogens with one attached hydrogen (secondary N) is 1. The Bertz CT molecular complexity index is 1040. The largest absolute Gasteiger partial charge is 0.497 e. The maximum absolute atomic E-state index is 13.1. The van der Waals surface area contributed by atoms with E-state index in [1.807, 2.05) is 35.2 Å². The van der Waals surface area contributed by atoms with Crippen LogP contribution in [0.15, 0.2) is 48.5 Å². The molecule has 8 heteroatoms. The maximum Gasteiger partial charge on any atom is 0.257 e. The Morgan fingerprint density at radius 3 is 2.32 bits per heavy atom. The Balaban J connectivity index is 1.42. The number of carbonyl (C=O) groups excluding carboxylic acids is 1. The van der Waals surface area contributed by atoms with Crippen LogP contribution in [0.25, 0.3) is 11.3 Å². The van der Waals surface area contributed by atoms with Gasteiger partial charge in [0.15, 0.2) is 17.3 Å². The average Bonchev–Trinajstić information content (AvgIpc) is 3.33. The minimum Gasteiger partial charge on any atom is -0.497 e. The molecule has 0 bridgehead atoms. The van der Waals surface area contributed by atoms with Crippen molar-refractivity contribution in [1.82, 2.24) is 15.1 Å². The standard InChI is InChI=1S/C23H26N4O4/c1-29-17-9-7-16(8-10-17)19-15-21(25-24-19)26-11-13-27(14-12-26)23(28)18-5-4-6-20(30-2)22(18)31-3/h4-10,15H,11-14H2,1-3H3,(H,24,25). The van der Waals surface area contributed by atoms with Gasteiger partial charge >= 0.3 is 0 Å². The molecule has 162 valence electrons. The SMILES string of the molecule is COc1ccc(-c2cc(N3CCN(C(=O)c4cccc(OC)c4OC)CC3)n[nH]2)cc1. The van der Waals surface area contributed by atoms with E-state index in [1.165, 1.54) is 0 Å². The number of carbonyl (C=O) groups is 1. The lowest BCUT2D eigenvalue weighted by Gasteiger charge is -2.35. The van der Waals surface area contributed by atoms with E-state index in [1.54, 1.807) is 39.5 Å². The molecule has 0 atom stereocenters. The zero-order valence-corrected chi connectivity index (χ0v) is 17.9. The molecule has 1 aliphatic heterocycles. The molecule has 1 aromatic heterocycles. The molecule has 8 nitrogen and oxygen atoms in total. The Morgan fingerprint density at radius 2 is 1.68 bits per heavy atom. The van der Waals surface area contributed by atoms with Crippen LogP contribution >= 0.6 is 0 Å². The van der Waals surface area contributed by atoms with E-state index in [2.05, 4.69) is 15.1 Å². The molecule has 2 aromatic carbocycles. The summed E-state index contributed by atoms with van der Waals surface area (Å²) in [6.07, 6.45) is 0. The molecule has 0 unspecified atom stereocenters. The minimum atomic E-state index is -0.0589. The van der Waals surface area contributed by atoms with Crippen LogP contribution in [0.1, 0.15) is 10.4 Å². The zero-order valence-electron chi connectivity index (χ0n) is 17.9. The summed E-state index contributed by atoms with van der Waals surface area (Å²) >= 11 is 0. The predicted molar refractivity (Wildman–Crippen MR) is 118 cm³/mol. The van der Waals surface area contributed by atoms with Gasteiger partial charge in [0, 0.05) is 32.2 Å². The summed E-state index contributed by atoms with van der Waals surface area (Å²) in [6, 6.07) is 15.2. The van der Waals surface area contributed by atoms with Gasteiger partial charge < -0.3 is 24.0 Å². The second kappa shape index (κ2) is 8.99. The van der Waals surface area contributed by atoms with E-state index in [4.69, 9.17) is 14.2 Å². The lowest BCUT2D eigenvalue weighted by Crippen LogP contribution is -2.49. The highest BCUT2D eigenvalue weighted by Crippen LogP contribution is 2.32. The Hall–Kier alpha value is -3.68. The molecule has 1 fully saturated rings. The number of rotatable bonds is 6. The average molecular weight is 422 g/mol. The minimum absolute atomic E-state index is 0.0589. The molecule has 1 saturated heterocycles. The van der Waals surface area contributed by atoms with Gasteiger partial charge in [0.25, 0.3) is 5.91 Å². The van der Waals surface area contributed by atoms with Crippen molar-refractivity contribution in [2.24, 2.45) is 0 Å². The molecule has 1 N–H and O–H groups in total. The van der Waals surface area contributed by atoms with Crippen LogP contribution < -0.4 is 19.1 Å². The fraction of sp³-hybridized carbons (Fsp3) is 0.304. The molecule has 1 aliphatic rings. The number of aromatic nitrogens is 2. The van der Waals surface area contributed by atoms with Crippen LogP contribution in [0.5, 0.6) is 17.2 Å². The molecule has 0 saturated carbocycles. The Kier molecular flexibility index (Phi) is 5.97. The van der Waals surface area contributed by atoms with E-state index < -0.39 is 0 Å². The van der Waals surface area contributed by atoms with E-state index in [0.29, 0.717) is 43.2 Å². The number of amides is 1. The van der Waals surface area contributed by atoms with E-state index in [-0.39, 0.29) is 5.91 Å². The smallest absolute Gasteiger partial charge is 0.257 e. The first-order valence-corrected chi connectivity index (χ1v) is 10.1. The molecule has 0 radical (unpaired) electrons. The highest BCUT2D eigenvalue weighted by molar-refractivity contribution is 5.98. The van der Waals surface area contributed by atoms with E-state index >= 15 is 0 Å². The van der Waals surface area contributed by atoms with Gasteiger partial charge in [-0.15, -0.1) is 0 Å². The van der Waals surface area contributed by atoms with E-state index in [0.717, 1.165) is 22.8 Å². The third kappa shape index (κ3) is 4.14. The number of piperazine rings is 1. The van der Waals surface area contributed by atoms with Crippen molar-refractivity contribution in [3.05, 3.63) is 54.1 Å². The van der Waals surface area contributed by atoms with Gasteiger partial charge in [-0.1, -0.05) is 6.07 Å². The normalized spacial score (nSPS) is 13.8. The quantitative estimate of drug-likeness (QED) is 0.658.